The van der Waals surface area contributed by atoms with E-state index in [2.05, 4.69) is 41.5 Å². The average Bonchev–Trinajstić information content (AvgIpc) is 2.47. The Morgan fingerprint density at radius 1 is 1.30 bits per heavy atom. The highest BCUT2D eigenvalue weighted by molar-refractivity contribution is 5.67. The molecule has 0 fully saturated rings. The van der Waals surface area contributed by atoms with E-state index in [0.717, 1.165) is 19.3 Å². The summed E-state index contributed by atoms with van der Waals surface area (Å²) in [7, 11) is 1.98. The second-order valence-electron chi connectivity index (χ2n) is 6.63. The minimum Gasteiger partial charge on any atom is -0.444 e. The standard InChI is InChI=1S/C19H30N2O2/c1-6-7-8-17(20-5)16-11-9-15(10-12-16)13-14-21-18(22)23-19(2,3)4/h6,9-12,17,20H,1,7-8,13-14H2,2-5H3,(H,21,22)/t17-/m1/s1. The first-order valence-corrected chi connectivity index (χ1v) is 8.19. The molecule has 0 saturated heterocycles. The largest absolute Gasteiger partial charge is 0.444 e. The van der Waals surface area contributed by atoms with Gasteiger partial charge in [-0.05, 0) is 58.2 Å². The first kappa shape index (κ1) is 19.2. The molecule has 4 nitrogen and oxygen atoms in total. The molecule has 0 aliphatic rings. The first-order valence-electron chi connectivity index (χ1n) is 8.19. The SMILES string of the molecule is C=CCC[C@@H](NC)c1ccc(CCNC(=O)OC(C)(C)C)cc1. The molecule has 1 rings (SSSR count). The molecule has 1 amide bonds. The number of carbonyl (C=O) groups is 1. The lowest BCUT2D eigenvalue weighted by atomic mass is 10.00. The van der Waals surface area contributed by atoms with Crippen LogP contribution in [-0.2, 0) is 11.2 Å². The Morgan fingerprint density at radius 2 is 1.96 bits per heavy atom. The van der Waals surface area contributed by atoms with Crippen LogP contribution in [0.4, 0.5) is 4.79 Å². The molecular formula is C19H30N2O2. The number of rotatable bonds is 8. The molecule has 23 heavy (non-hydrogen) atoms. The highest BCUT2D eigenvalue weighted by Gasteiger charge is 2.15. The van der Waals surface area contributed by atoms with E-state index < -0.39 is 5.60 Å². The summed E-state index contributed by atoms with van der Waals surface area (Å²) in [5.41, 5.74) is 2.01. The lowest BCUT2D eigenvalue weighted by Crippen LogP contribution is -2.33. The Morgan fingerprint density at radius 3 is 2.48 bits per heavy atom. The Bertz CT molecular complexity index is 489. The molecule has 2 N–H and O–H groups in total. The summed E-state index contributed by atoms with van der Waals surface area (Å²) in [6.07, 6.45) is 4.40. The summed E-state index contributed by atoms with van der Waals surface area (Å²) >= 11 is 0. The van der Waals surface area contributed by atoms with Gasteiger partial charge < -0.3 is 15.4 Å². The van der Waals surface area contributed by atoms with Crippen LogP contribution in [0.2, 0.25) is 0 Å². The molecule has 0 aromatic heterocycles. The van der Waals surface area contributed by atoms with Gasteiger partial charge in [-0.25, -0.2) is 4.79 Å². The molecule has 0 spiro atoms. The third-order valence-corrected chi connectivity index (χ3v) is 3.47. The van der Waals surface area contributed by atoms with Crippen molar-refractivity contribution in [2.75, 3.05) is 13.6 Å². The quantitative estimate of drug-likeness (QED) is 0.713. The van der Waals surface area contributed by atoms with Gasteiger partial charge in [-0.3, -0.25) is 0 Å². The predicted octanol–water partition coefficient (Wildman–Crippen LogP) is 3.98. The lowest BCUT2D eigenvalue weighted by Gasteiger charge is -2.19. The number of allylic oxidation sites excluding steroid dienone is 1. The maximum absolute atomic E-state index is 11.6. The molecule has 0 radical (unpaired) electrons. The summed E-state index contributed by atoms with van der Waals surface area (Å²) < 4.78 is 5.21. The van der Waals surface area contributed by atoms with Crippen molar-refractivity contribution in [1.29, 1.82) is 0 Å². The third kappa shape index (κ3) is 7.84. The number of nitrogens with one attached hydrogen (secondary N) is 2. The van der Waals surface area contributed by atoms with Crippen LogP contribution < -0.4 is 10.6 Å². The van der Waals surface area contributed by atoms with Crippen molar-refractivity contribution in [2.24, 2.45) is 0 Å². The molecule has 0 saturated carbocycles. The van der Waals surface area contributed by atoms with Crippen LogP contribution in [0.25, 0.3) is 0 Å². The maximum atomic E-state index is 11.6. The molecule has 1 atom stereocenters. The predicted molar refractivity (Wildman–Crippen MR) is 95.6 cm³/mol. The number of alkyl carbamates (subject to hydrolysis) is 1. The fraction of sp³-hybridized carbons (Fsp3) is 0.526. The Kier molecular flexibility index (Phi) is 7.83. The van der Waals surface area contributed by atoms with Crippen LogP contribution in [0.15, 0.2) is 36.9 Å². The molecule has 128 valence electrons. The average molecular weight is 318 g/mol. The van der Waals surface area contributed by atoms with Crippen molar-refractivity contribution >= 4 is 6.09 Å². The van der Waals surface area contributed by atoms with Gasteiger partial charge in [0, 0.05) is 12.6 Å². The van der Waals surface area contributed by atoms with Crippen LogP contribution in [0.5, 0.6) is 0 Å². The van der Waals surface area contributed by atoms with Crippen LogP contribution >= 0.6 is 0 Å². The second kappa shape index (κ2) is 9.36. The number of ether oxygens (including phenoxy) is 1. The molecular weight excluding hydrogens is 288 g/mol. The number of amides is 1. The number of hydrogen-bond acceptors (Lipinski definition) is 3. The molecule has 0 bridgehead atoms. The van der Waals surface area contributed by atoms with Gasteiger partial charge in [-0.1, -0.05) is 30.3 Å². The highest BCUT2D eigenvalue weighted by Crippen LogP contribution is 2.19. The Balaban J connectivity index is 2.44. The minimum absolute atomic E-state index is 0.349. The summed E-state index contributed by atoms with van der Waals surface area (Å²) in [4.78, 5) is 11.6. The molecule has 0 heterocycles. The minimum atomic E-state index is -0.459. The van der Waals surface area contributed by atoms with E-state index in [0.29, 0.717) is 12.6 Å². The topological polar surface area (TPSA) is 50.4 Å². The van der Waals surface area contributed by atoms with E-state index >= 15 is 0 Å². The zero-order valence-electron chi connectivity index (χ0n) is 14.8. The second-order valence-corrected chi connectivity index (χ2v) is 6.63. The van der Waals surface area contributed by atoms with E-state index in [4.69, 9.17) is 4.74 Å². The van der Waals surface area contributed by atoms with E-state index in [9.17, 15) is 4.79 Å². The van der Waals surface area contributed by atoms with E-state index in [1.54, 1.807) is 0 Å². The van der Waals surface area contributed by atoms with Crippen molar-refractivity contribution in [1.82, 2.24) is 10.6 Å². The van der Waals surface area contributed by atoms with Gasteiger partial charge in [0.05, 0.1) is 0 Å². The normalized spacial score (nSPS) is 12.5. The number of benzene rings is 1. The fourth-order valence-electron chi connectivity index (χ4n) is 2.30. The summed E-state index contributed by atoms with van der Waals surface area (Å²) in [6.45, 7) is 9.91. The van der Waals surface area contributed by atoms with Gasteiger partial charge >= 0.3 is 6.09 Å². The smallest absolute Gasteiger partial charge is 0.407 e. The Labute approximate surface area is 140 Å². The summed E-state index contributed by atoms with van der Waals surface area (Å²) in [6, 6.07) is 8.87. The van der Waals surface area contributed by atoms with Crippen molar-refractivity contribution < 1.29 is 9.53 Å². The summed E-state index contributed by atoms with van der Waals surface area (Å²) in [5, 5.41) is 6.11. The molecule has 1 aromatic rings. The fourth-order valence-corrected chi connectivity index (χ4v) is 2.30. The van der Waals surface area contributed by atoms with Crippen molar-refractivity contribution in [3.8, 4) is 0 Å². The lowest BCUT2D eigenvalue weighted by molar-refractivity contribution is 0.0528. The van der Waals surface area contributed by atoms with E-state index in [1.807, 2.05) is 33.9 Å². The van der Waals surface area contributed by atoms with Crippen molar-refractivity contribution in [3.63, 3.8) is 0 Å². The maximum Gasteiger partial charge on any atom is 0.407 e. The first-order chi connectivity index (χ1) is 10.9. The van der Waals surface area contributed by atoms with Crippen molar-refractivity contribution in [2.45, 2.75) is 51.7 Å². The van der Waals surface area contributed by atoms with Crippen LogP contribution in [0.3, 0.4) is 0 Å². The van der Waals surface area contributed by atoms with Gasteiger partial charge in [-0.15, -0.1) is 6.58 Å². The Hall–Kier alpha value is -1.81. The van der Waals surface area contributed by atoms with Crippen LogP contribution in [0.1, 0.15) is 50.8 Å². The highest BCUT2D eigenvalue weighted by atomic mass is 16.6. The molecule has 4 heteroatoms. The van der Waals surface area contributed by atoms with Crippen LogP contribution in [-0.4, -0.2) is 25.3 Å². The summed E-state index contributed by atoms with van der Waals surface area (Å²) in [5.74, 6) is 0. The van der Waals surface area contributed by atoms with E-state index in [1.165, 1.54) is 11.1 Å². The van der Waals surface area contributed by atoms with Gasteiger partial charge in [-0.2, -0.15) is 0 Å². The zero-order valence-corrected chi connectivity index (χ0v) is 14.8. The third-order valence-electron chi connectivity index (χ3n) is 3.47. The number of hydrogen-bond donors (Lipinski definition) is 2. The van der Waals surface area contributed by atoms with Crippen LogP contribution in [0, 0.1) is 0 Å². The number of carbonyl (C=O) groups excluding carboxylic acids is 1. The molecule has 0 aliphatic heterocycles. The van der Waals surface area contributed by atoms with Gasteiger partial charge in [0.2, 0.25) is 0 Å². The van der Waals surface area contributed by atoms with Gasteiger partial charge in [0.1, 0.15) is 5.60 Å². The molecule has 0 aliphatic carbocycles. The van der Waals surface area contributed by atoms with Gasteiger partial charge in [0.15, 0.2) is 0 Å². The monoisotopic (exact) mass is 318 g/mol. The molecule has 1 aromatic carbocycles. The molecule has 0 unspecified atom stereocenters. The van der Waals surface area contributed by atoms with Gasteiger partial charge in [0.25, 0.3) is 0 Å². The zero-order chi connectivity index (χ0) is 17.3. The van der Waals surface area contributed by atoms with Crippen molar-refractivity contribution in [3.05, 3.63) is 48.0 Å². The van der Waals surface area contributed by atoms with E-state index in [-0.39, 0.29) is 6.09 Å².